The number of hydrogen-bond acceptors (Lipinski definition) is 1. The predicted octanol–water partition coefficient (Wildman–Crippen LogP) is 3.53. The molecular weight excluding hydrogens is 206 g/mol. The second-order valence-electron chi connectivity index (χ2n) is 4.56. The van der Waals surface area contributed by atoms with E-state index in [9.17, 15) is 0 Å². The molecule has 0 aromatic heterocycles. The van der Waals surface area contributed by atoms with Gasteiger partial charge in [0, 0.05) is 6.04 Å². The van der Waals surface area contributed by atoms with Crippen LogP contribution in [0.3, 0.4) is 0 Å². The van der Waals surface area contributed by atoms with Gasteiger partial charge in [0.05, 0.1) is 0 Å². The molecule has 0 spiro atoms. The Morgan fingerprint density at radius 3 is 2.33 bits per heavy atom. The van der Waals surface area contributed by atoms with Crippen molar-refractivity contribution in [3.05, 3.63) is 34.9 Å². The zero-order valence-corrected chi connectivity index (χ0v) is 10.3. The monoisotopic (exact) mass is 225 g/mol. The molecule has 0 heterocycles. The van der Waals surface area contributed by atoms with E-state index < -0.39 is 0 Å². The normalized spacial score (nSPS) is 17.8. The van der Waals surface area contributed by atoms with Crippen molar-refractivity contribution in [2.75, 3.05) is 0 Å². The molecule has 0 aliphatic heterocycles. The van der Waals surface area contributed by atoms with Gasteiger partial charge in [-0.15, -0.1) is 12.4 Å². The lowest BCUT2D eigenvalue weighted by molar-refractivity contribution is 0.264. The lowest BCUT2D eigenvalue weighted by Crippen LogP contribution is -2.26. The first-order valence-electron chi connectivity index (χ1n) is 5.51. The highest BCUT2D eigenvalue weighted by molar-refractivity contribution is 5.85. The van der Waals surface area contributed by atoms with Gasteiger partial charge in [-0.3, -0.25) is 0 Å². The summed E-state index contributed by atoms with van der Waals surface area (Å²) in [6, 6.07) is 6.88. The average molecular weight is 226 g/mol. The van der Waals surface area contributed by atoms with Gasteiger partial charge in [0.25, 0.3) is 0 Å². The van der Waals surface area contributed by atoms with Gasteiger partial charge >= 0.3 is 0 Å². The van der Waals surface area contributed by atoms with Crippen LogP contribution in [0.5, 0.6) is 0 Å². The van der Waals surface area contributed by atoms with Crippen LogP contribution >= 0.6 is 12.4 Å². The van der Waals surface area contributed by atoms with Gasteiger partial charge in [-0.2, -0.15) is 0 Å². The van der Waals surface area contributed by atoms with Crippen molar-refractivity contribution < 1.29 is 0 Å². The van der Waals surface area contributed by atoms with Gasteiger partial charge in [0.2, 0.25) is 0 Å². The Bertz CT molecular complexity index is 331. The molecule has 0 saturated heterocycles. The lowest BCUT2D eigenvalue weighted by Gasteiger charge is -2.31. The molecule has 0 amide bonds. The number of hydrogen-bond donors (Lipinski definition) is 1. The van der Waals surface area contributed by atoms with Crippen LogP contribution in [0.25, 0.3) is 0 Å². The summed E-state index contributed by atoms with van der Waals surface area (Å²) in [4.78, 5) is 0. The maximum Gasteiger partial charge on any atom is 0.0323 e. The fraction of sp³-hybridized carbons (Fsp3) is 0.538. The summed E-state index contributed by atoms with van der Waals surface area (Å²) >= 11 is 0. The molecule has 1 atom stereocenters. The van der Waals surface area contributed by atoms with Crippen LogP contribution in [0.2, 0.25) is 0 Å². The van der Waals surface area contributed by atoms with Crippen LogP contribution in [-0.2, 0) is 0 Å². The summed E-state index contributed by atoms with van der Waals surface area (Å²) in [5, 5.41) is 0. The van der Waals surface area contributed by atoms with Crippen LogP contribution in [0.15, 0.2) is 18.2 Å². The molecule has 2 N–H and O–H groups in total. The van der Waals surface area contributed by atoms with Crippen molar-refractivity contribution in [3.8, 4) is 0 Å². The third kappa shape index (κ3) is 2.53. The minimum atomic E-state index is 0. The van der Waals surface area contributed by atoms with Crippen molar-refractivity contribution in [2.45, 2.75) is 39.2 Å². The van der Waals surface area contributed by atoms with E-state index in [0.29, 0.717) is 0 Å². The highest BCUT2D eigenvalue weighted by Crippen LogP contribution is 2.36. The number of rotatable bonds is 2. The number of halogens is 1. The predicted molar refractivity (Wildman–Crippen MR) is 67.4 cm³/mol. The van der Waals surface area contributed by atoms with Crippen LogP contribution in [0.4, 0.5) is 0 Å². The van der Waals surface area contributed by atoms with Crippen molar-refractivity contribution in [1.82, 2.24) is 0 Å². The minimum absolute atomic E-state index is 0. The van der Waals surface area contributed by atoms with Gasteiger partial charge in [0.15, 0.2) is 0 Å². The maximum atomic E-state index is 6.22. The molecule has 0 radical (unpaired) electrons. The number of aryl methyl sites for hydroxylation is 2. The minimum Gasteiger partial charge on any atom is -0.324 e. The first-order chi connectivity index (χ1) is 6.68. The van der Waals surface area contributed by atoms with E-state index in [2.05, 4.69) is 32.0 Å². The quantitative estimate of drug-likeness (QED) is 0.819. The molecule has 15 heavy (non-hydrogen) atoms. The Hall–Kier alpha value is -0.530. The van der Waals surface area contributed by atoms with E-state index in [1.165, 1.54) is 36.0 Å². The zero-order chi connectivity index (χ0) is 10.1. The average Bonchev–Trinajstić information content (AvgIpc) is 2.06. The molecule has 1 fully saturated rings. The molecule has 2 heteroatoms. The van der Waals surface area contributed by atoms with E-state index in [4.69, 9.17) is 5.73 Å². The third-order valence-corrected chi connectivity index (χ3v) is 3.57. The summed E-state index contributed by atoms with van der Waals surface area (Å²) in [6.07, 6.45) is 3.99. The molecule has 1 saturated carbocycles. The fourth-order valence-electron chi connectivity index (χ4n) is 2.04. The first kappa shape index (κ1) is 12.5. The van der Waals surface area contributed by atoms with E-state index >= 15 is 0 Å². The first-order valence-corrected chi connectivity index (χ1v) is 5.51. The summed E-state index contributed by atoms with van der Waals surface area (Å²) in [5.41, 5.74) is 10.3. The fourth-order valence-corrected chi connectivity index (χ4v) is 2.04. The zero-order valence-electron chi connectivity index (χ0n) is 9.49. The van der Waals surface area contributed by atoms with Gasteiger partial charge < -0.3 is 5.73 Å². The second kappa shape index (κ2) is 5.00. The van der Waals surface area contributed by atoms with E-state index in [-0.39, 0.29) is 18.4 Å². The second-order valence-corrected chi connectivity index (χ2v) is 4.56. The number of benzene rings is 1. The third-order valence-electron chi connectivity index (χ3n) is 3.57. The molecule has 1 aromatic rings. The highest BCUT2D eigenvalue weighted by Gasteiger charge is 2.25. The summed E-state index contributed by atoms with van der Waals surface area (Å²) in [7, 11) is 0. The molecule has 1 nitrogen and oxygen atoms in total. The topological polar surface area (TPSA) is 26.0 Å². The Kier molecular flexibility index (Phi) is 4.18. The molecule has 0 bridgehead atoms. The maximum absolute atomic E-state index is 6.22. The van der Waals surface area contributed by atoms with Gasteiger partial charge in [-0.1, -0.05) is 24.6 Å². The molecule has 0 unspecified atom stereocenters. The molecule has 2 rings (SSSR count). The van der Waals surface area contributed by atoms with Gasteiger partial charge in [-0.05, 0) is 49.3 Å². The Morgan fingerprint density at radius 1 is 1.20 bits per heavy atom. The van der Waals surface area contributed by atoms with Crippen LogP contribution in [0, 0.1) is 19.8 Å². The van der Waals surface area contributed by atoms with E-state index in [1.807, 2.05) is 0 Å². The Labute approximate surface area is 98.5 Å². The van der Waals surface area contributed by atoms with Crippen LogP contribution < -0.4 is 5.73 Å². The summed E-state index contributed by atoms with van der Waals surface area (Å²) in [6.45, 7) is 4.31. The molecule has 1 aliphatic rings. The summed E-state index contributed by atoms with van der Waals surface area (Å²) < 4.78 is 0. The Morgan fingerprint density at radius 2 is 1.87 bits per heavy atom. The molecule has 1 aliphatic carbocycles. The van der Waals surface area contributed by atoms with E-state index in [1.54, 1.807) is 0 Å². The largest absolute Gasteiger partial charge is 0.324 e. The van der Waals surface area contributed by atoms with Gasteiger partial charge in [-0.25, -0.2) is 0 Å². The summed E-state index contributed by atoms with van der Waals surface area (Å²) in [5.74, 6) is 0.733. The van der Waals surface area contributed by atoms with E-state index in [0.717, 1.165) is 5.92 Å². The lowest BCUT2D eigenvalue weighted by atomic mass is 9.77. The van der Waals surface area contributed by atoms with Crippen LogP contribution in [0.1, 0.15) is 42.0 Å². The van der Waals surface area contributed by atoms with Crippen molar-refractivity contribution >= 4 is 12.4 Å². The van der Waals surface area contributed by atoms with Crippen molar-refractivity contribution in [1.29, 1.82) is 0 Å². The number of nitrogens with two attached hydrogens (primary N) is 1. The van der Waals surface area contributed by atoms with Gasteiger partial charge in [0.1, 0.15) is 0 Å². The standard InChI is InChI=1S/C13H19N.ClH/c1-9-6-7-12(8-10(9)2)13(14)11-4-3-5-11;/h6-8,11,13H,3-5,14H2,1-2H3;1H/t13-;/m0./s1. The van der Waals surface area contributed by atoms with Crippen LogP contribution in [-0.4, -0.2) is 0 Å². The molecular formula is C13H20ClN. The van der Waals surface area contributed by atoms with Crippen molar-refractivity contribution in [2.24, 2.45) is 11.7 Å². The molecule has 1 aromatic carbocycles. The molecule has 84 valence electrons. The smallest absolute Gasteiger partial charge is 0.0323 e. The SMILES string of the molecule is Cc1ccc([C@@H](N)C2CCC2)cc1C.Cl. The van der Waals surface area contributed by atoms with Crippen molar-refractivity contribution in [3.63, 3.8) is 0 Å². The Balaban J connectivity index is 0.00000112. The highest BCUT2D eigenvalue weighted by atomic mass is 35.5.